The van der Waals surface area contributed by atoms with E-state index >= 15 is 0 Å². The SMILES string of the molecule is C[C@@]12C=CCN(Cc3ccccc3)C(=O)[C@@H]1[C@H]1C(=O)N(CCO)C3C(=O)N(Cn4nnc5ccccc54)CC=C[C@@]31S2. The summed E-state index contributed by atoms with van der Waals surface area (Å²) in [6, 6.07) is 16.5. The van der Waals surface area contributed by atoms with E-state index in [4.69, 9.17) is 0 Å². The second-order valence-corrected chi connectivity index (χ2v) is 13.3. The highest BCUT2D eigenvalue weighted by atomic mass is 32.2. The molecule has 5 atom stereocenters. The number of carbonyl (C=O) groups is 3. The highest BCUT2D eigenvalue weighted by molar-refractivity contribution is 8.02. The van der Waals surface area contributed by atoms with Gasteiger partial charge in [0.2, 0.25) is 17.7 Å². The summed E-state index contributed by atoms with van der Waals surface area (Å²) in [5.41, 5.74) is 2.55. The van der Waals surface area contributed by atoms with Crippen LogP contribution in [0.15, 0.2) is 78.9 Å². The van der Waals surface area contributed by atoms with Gasteiger partial charge in [-0.25, -0.2) is 4.68 Å². The van der Waals surface area contributed by atoms with Gasteiger partial charge in [-0.15, -0.1) is 16.9 Å². The smallest absolute Gasteiger partial charge is 0.248 e. The summed E-state index contributed by atoms with van der Waals surface area (Å²) < 4.78 is 0.0382. The minimum atomic E-state index is -0.961. The number of aliphatic hydroxyl groups excluding tert-OH is 1. The maximum Gasteiger partial charge on any atom is 0.248 e. The number of carbonyl (C=O) groups excluding carboxylic acids is 3. The molecule has 2 aromatic carbocycles. The van der Waals surface area contributed by atoms with E-state index in [2.05, 4.69) is 16.4 Å². The number of amides is 3. The summed E-state index contributed by atoms with van der Waals surface area (Å²) in [6.07, 6.45) is 8.00. The molecule has 0 radical (unpaired) electrons. The van der Waals surface area contributed by atoms with Crippen molar-refractivity contribution < 1.29 is 19.5 Å². The Morgan fingerprint density at radius 3 is 2.45 bits per heavy atom. The lowest BCUT2D eigenvalue weighted by Crippen LogP contribution is -2.54. The number of thioether (sulfide) groups is 1. The summed E-state index contributed by atoms with van der Waals surface area (Å²) in [5.74, 6) is -1.98. The van der Waals surface area contributed by atoms with Crippen molar-refractivity contribution in [1.82, 2.24) is 29.7 Å². The van der Waals surface area contributed by atoms with Crippen molar-refractivity contribution in [2.75, 3.05) is 26.2 Å². The van der Waals surface area contributed by atoms with Crippen molar-refractivity contribution in [1.29, 1.82) is 0 Å². The lowest BCUT2D eigenvalue weighted by molar-refractivity contribution is -0.145. The van der Waals surface area contributed by atoms with E-state index in [9.17, 15) is 19.5 Å². The molecule has 0 aliphatic carbocycles. The highest BCUT2D eigenvalue weighted by Crippen LogP contribution is 2.65. The van der Waals surface area contributed by atoms with E-state index in [1.165, 1.54) is 16.7 Å². The van der Waals surface area contributed by atoms with Crippen LogP contribution in [0.4, 0.5) is 0 Å². The summed E-state index contributed by atoms with van der Waals surface area (Å²) in [4.78, 5) is 48.1. The van der Waals surface area contributed by atoms with Gasteiger partial charge in [0.1, 0.15) is 18.2 Å². The van der Waals surface area contributed by atoms with Gasteiger partial charge in [-0.3, -0.25) is 14.4 Å². The molecule has 0 saturated carbocycles. The molecule has 42 heavy (non-hydrogen) atoms. The number of β-amino-alcohol motifs (C(OH)–C–C–N with tert-alkyl or cyclic N) is 1. The Labute approximate surface area is 247 Å². The van der Waals surface area contributed by atoms with Crippen molar-refractivity contribution in [3.05, 3.63) is 84.5 Å². The molecular weight excluding hydrogens is 552 g/mol. The van der Waals surface area contributed by atoms with Gasteiger partial charge in [0.05, 0.1) is 28.7 Å². The van der Waals surface area contributed by atoms with Gasteiger partial charge in [-0.2, -0.15) is 0 Å². The zero-order valence-electron chi connectivity index (χ0n) is 23.2. The third-order valence-electron chi connectivity index (χ3n) is 9.01. The molecule has 1 spiro atoms. The van der Waals surface area contributed by atoms with Gasteiger partial charge in [-0.1, -0.05) is 72.0 Å². The maximum absolute atomic E-state index is 14.4. The third-order valence-corrected chi connectivity index (χ3v) is 10.8. The Hall–Kier alpha value is -3.96. The Morgan fingerprint density at radius 1 is 0.905 bits per heavy atom. The average Bonchev–Trinajstić information content (AvgIpc) is 3.51. The molecule has 216 valence electrons. The van der Waals surface area contributed by atoms with Gasteiger partial charge in [-0.05, 0) is 24.6 Å². The molecule has 4 aliphatic rings. The van der Waals surface area contributed by atoms with Crippen LogP contribution in [-0.2, 0) is 27.6 Å². The average molecular weight is 585 g/mol. The first-order valence-corrected chi connectivity index (χ1v) is 15.0. The first-order valence-electron chi connectivity index (χ1n) is 14.2. The van der Waals surface area contributed by atoms with E-state index in [0.717, 1.165) is 16.6 Å². The number of likely N-dealkylation sites (tertiary alicyclic amines) is 1. The molecule has 2 saturated heterocycles. The molecule has 7 rings (SSSR count). The Balaban J connectivity index is 1.26. The van der Waals surface area contributed by atoms with Crippen molar-refractivity contribution in [2.45, 2.75) is 35.7 Å². The molecule has 2 fully saturated rings. The first kappa shape index (κ1) is 26.9. The zero-order chi connectivity index (χ0) is 29.1. The lowest BCUT2D eigenvalue weighted by Gasteiger charge is -2.36. The standard InChI is InChI=1S/C31H32N6O4S/c1-30-13-7-15-34(19-21-9-3-2-4-10-21)27(39)24(30)25-28(40)36(17-18-38)26-29(41)35(16-8-14-31(25,26)42-30)20-37-23-12-6-5-11-22(23)32-33-37/h2-14,24-26,38H,15-20H2,1H3/t24-,25-,26?,30+,31-/m0/s1. The van der Waals surface area contributed by atoms with Gasteiger partial charge in [0.25, 0.3) is 0 Å². The molecular formula is C31H32N6O4S. The minimum Gasteiger partial charge on any atom is -0.395 e. The van der Waals surface area contributed by atoms with E-state index in [1.54, 1.807) is 9.58 Å². The fourth-order valence-electron chi connectivity index (χ4n) is 7.22. The van der Waals surface area contributed by atoms with E-state index in [1.807, 2.05) is 84.6 Å². The van der Waals surface area contributed by atoms with Crippen LogP contribution in [0.3, 0.4) is 0 Å². The Morgan fingerprint density at radius 2 is 1.64 bits per heavy atom. The summed E-state index contributed by atoms with van der Waals surface area (Å²) >= 11 is 1.54. The Kier molecular flexibility index (Phi) is 6.47. The fraction of sp³-hybridized carbons (Fsp3) is 0.387. The third kappa shape index (κ3) is 4.01. The topological polar surface area (TPSA) is 112 Å². The number of rotatable bonds is 6. The van der Waals surface area contributed by atoms with Crippen LogP contribution in [-0.4, -0.2) is 94.3 Å². The summed E-state index contributed by atoms with van der Waals surface area (Å²) in [6.45, 7) is 3.13. The van der Waals surface area contributed by atoms with Crippen LogP contribution in [0.1, 0.15) is 12.5 Å². The van der Waals surface area contributed by atoms with Crippen molar-refractivity contribution in [2.24, 2.45) is 11.8 Å². The van der Waals surface area contributed by atoms with Gasteiger partial charge in [0, 0.05) is 30.9 Å². The number of para-hydroxylation sites is 1. The molecule has 1 unspecified atom stereocenters. The number of aromatic nitrogens is 3. The second kappa shape index (κ2) is 10.1. The van der Waals surface area contributed by atoms with Crippen LogP contribution in [0.25, 0.3) is 11.0 Å². The largest absolute Gasteiger partial charge is 0.395 e. The quantitative estimate of drug-likeness (QED) is 0.442. The van der Waals surface area contributed by atoms with Crippen LogP contribution < -0.4 is 0 Å². The lowest BCUT2D eigenvalue weighted by atomic mass is 9.74. The van der Waals surface area contributed by atoms with Crippen molar-refractivity contribution in [3.8, 4) is 0 Å². The second-order valence-electron chi connectivity index (χ2n) is 11.5. The van der Waals surface area contributed by atoms with Crippen molar-refractivity contribution >= 4 is 40.5 Å². The van der Waals surface area contributed by atoms with Gasteiger partial charge < -0.3 is 19.8 Å². The van der Waals surface area contributed by atoms with Crippen LogP contribution >= 0.6 is 11.8 Å². The van der Waals surface area contributed by atoms with Gasteiger partial charge in [0.15, 0.2) is 0 Å². The van der Waals surface area contributed by atoms with E-state index in [-0.39, 0.29) is 37.5 Å². The van der Waals surface area contributed by atoms with Gasteiger partial charge >= 0.3 is 0 Å². The first-order chi connectivity index (χ1) is 20.4. The molecule has 11 heteroatoms. The molecule has 1 aromatic heterocycles. The fourth-order valence-corrected chi connectivity index (χ4v) is 9.38. The summed E-state index contributed by atoms with van der Waals surface area (Å²) in [5, 5.41) is 18.5. The van der Waals surface area contributed by atoms with Crippen LogP contribution in [0.5, 0.6) is 0 Å². The number of hydrogen-bond donors (Lipinski definition) is 1. The Bertz CT molecular complexity index is 1620. The predicted molar refractivity (Wildman–Crippen MR) is 158 cm³/mol. The molecule has 5 heterocycles. The van der Waals surface area contributed by atoms with Crippen LogP contribution in [0, 0.1) is 11.8 Å². The highest BCUT2D eigenvalue weighted by Gasteiger charge is 2.73. The monoisotopic (exact) mass is 584 g/mol. The molecule has 3 aromatic rings. The summed E-state index contributed by atoms with van der Waals surface area (Å²) in [7, 11) is 0. The van der Waals surface area contributed by atoms with Crippen LogP contribution in [0.2, 0.25) is 0 Å². The van der Waals surface area contributed by atoms with E-state index in [0.29, 0.717) is 19.6 Å². The van der Waals surface area contributed by atoms with E-state index < -0.39 is 27.4 Å². The van der Waals surface area contributed by atoms with Crippen molar-refractivity contribution in [3.63, 3.8) is 0 Å². The zero-order valence-corrected chi connectivity index (χ0v) is 24.1. The predicted octanol–water partition coefficient (Wildman–Crippen LogP) is 2.07. The molecule has 4 aliphatic heterocycles. The minimum absolute atomic E-state index is 0.0170. The number of nitrogens with zero attached hydrogens (tertiary/aromatic N) is 6. The number of benzene rings is 2. The number of fused-ring (bicyclic) bond motifs is 3. The molecule has 10 nitrogen and oxygen atoms in total. The number of aliphatic hydroxyl groups is 1. The number of hydrogen-bond acceptors (Lipinski definition) is 7. The molecule has 1 N–H and O–H groups in total. The molecule has 0 bridgehead atoms. The maximum atomic E-state index is 14.4. The normalized spacial score (nSPS) is 30.5. The molecule has 3 amide bonds.